The van der Waals surface area contributed by atoms with Crippen molar-refractivity contribution in [3.63, 3.8) is 0 Å². The highest BCUT2D eigenvalue weighted by Gasteiger charge is 2.35. The molecule has 1 N–H and O–H groups in total. The fraction of sp³-hybridized carbons (Fsp3) is 0.588. The molecular weight excluding hydrogens is 324 g/mol. The summed E-state index contributed by atoms with van der Waals surface area (Å²) in [6.07, 6.45) is 5.44. The van der Waals surface area contributed by atoms with E-state index in [1.165, 1.54) is 0 Å². The summed E-state index contributed by atoms with van der Waals surface area (Å²) in [6.45, 7) is 3.40. The Bertz CT molecular complexity index is 700. The third kappa shape index (κ3) is 3.59. The van der Waals surface area contributed by atoms with Gasteiger partial charge in [0, 0.05) is 45.1 Å². The van der Waals surface area contributed by atoms with Crippen molar-refractivity contribution in [1.82, 2.24) is 19.9 Å². The number of carbonyl (C=O) groups excluding carboxylic acids is 1. The largest absolute Gasteiger partial charge is 0.472 e. The molecule has 25 heavy (non-hydrogen) atoms. The zero-order valence-corrected chi connectivity index (χ0v) is 14.0. The molecule has 2 aliphatic rings. The molecule has 0 unspecified atom stereocenters. The molecule has 0 bridgehead atoms. The maximum Gasteiger partial charge on any atom is 0.227 e. The fourth-order valence-electron chi connectivity index (χ4n) is 3.38. The van der Waals surface area contributed by atoms with E-state index >= 15 is 0 Å². The number of rotatable bonds is 5. The second-order valence-corrected chi connectivity index (χ2v) is 6.74. The van der Waals surface area contributed by atoms with Gasteiger partial charge < -0.3 is 18.9 Å². The average molecular weight is 346 g/mol. The Morgan fingerprint density at radius 1 is 1.32 bits per heavy atom. The molecule has 0 saturated carbocycles. The number of likely N-dealkylation sites (tertiary alicyclic amines) is 2. The van der Waals surface area contributed by atoms with Crippen LogP contribution >= 0.6 is 0 Å². The number of furan rings is 1. The van der Waals surface area contributed by atoms with Crippen LogP contribution in [-0.4, -0.2) is 69.3 Å². The van der Waals surface area contributed by atoms with Crippen LogP contribution in [0.25, 0.3) is 11.4 Å². The number of aromatic nitrogens is 2. The summed E-state index contributed by atoms with van der Waals surface area (Å²) in [5, 5.41) is 13.5. The molecule has 0 atom stereocenters. The Labute approximate surface area is 145 Å². The van der Waals surface area contributed by atoms with Crippen molar-refractivity contribution < 1.29 is 18.8 Å². The molecule has 8 nitrogen and oxygen atoms in total. The van der Waals surface area contributed by atoms with Crippen molar-refractivity contribution in [1.29, 1.82) is 0 Å². The van der Waals surface area contributed by atoms with E-state index in [2.05, 4.69) is 15.0 Å². The zero-order valence-electron chi connectivity index (χ0n) is 14.0. The minimum atomic E-state index is -0.157. The van der Waals surface area contributed by atoms with Gasteiger partial charge in [-0.2, -0.15) is 4.98 Å². The number of carbonyl (C=O) groups is 1. The van der Waals surface area contributed by atoms with Crippen molar-refractivity contribution in [2.45, 2.75) is 37.8 Å². The Kier molecular flexibility index (Phi) is 4.54. The predicted octanol–water partition coefficient (Wildman–Crippen LogP) is 0.930. The van der Waals surface area contributed by atoms with E-state index in [-0.39, 0.29) is 12.0 Å². The summed E-state index contributed by atoms with van der Waals surface area (Å²) in [4.78, 5) is 20.8. The molecule has 2 aromatic heterocycles. The second-order valence-electron chi connectivity index (χ2n) is 6.74. The molecular formula is C17H22N4O4. The van der Waals surface area contributed by atoms with Crippen LogP contribution in [0.3, 0.4) is 0 Å². The highest BCUT2D eigenvalue weighted by atomic mass is 16.5. The number of hydrogen-bond acceptors (Lipinski definition) is 7. The molecule has 2 aliphatic heterocycles. The predicted molar refractivity (Wildman–Crippen MR) is 87.5 cm³/mol. The summed E-state index contributed by atoms with van der Waals surface area (Å²) in [6, 6.07) is 2.20. The third-order valence-electron chi connectivity index (χ3n) is 5.03. The molecule has 4 rings (SSSR count). The first kappa shape index (κ1) is 16.3. The minimum absolute atomic E-state index is 0.122. The normalized spacial score (nSPS) is 20.0. The lowest BCUT2D eigenvalue weighted by Crippen LogP contribution is -2.62. The molecule has 0 radical (unpaired) electrons. The van der Waals surface area contributed by atoms with Crippen LogP contribution < -0.4 is 0 Å². The van der Waals surface area contributed by atoms with E-state index in [1.54, 1.807) is 18.6 Å². The van der Waals surface area contributed by atoms with Crippen LogP contribution in [0.5, 0.6) is 0 Å². The van der Waals surface area contributed by atoms with Gasteiger partial charge >= 0.3 is 0 Å². The molecule has 2 saturated heterocycles. The summed E-state index contributed by atoms with van der Waals surface area (Å²) in [7, 11) is 0. The van der Waals surface area contributed by atoms with Gasteiger partial charge in [0.2, 0.25) is 17.6 Å². The number of aliphatic hydroxyl groups excluding tert-OH is 1. The van der Waals surface area contributed by atoms with Crippen LogP contribution in [0.1, 0.15) is 25.2 Å². The molecule has 2 aromatic rings. The third-order valence-corrected chi connectivity index (χ3v) is 5.03. The minimum Gasteiger partial charge on any atom is -0.472 e. The van der Waals surface area contributed by atoms with E-state index in [0.29, 0.717) is 30.6 Å². The molecule has 8 heteroatoms. The van der Waals surface area contributed by atoms with Gasteiger partial charge in [0.25, 0.3) is 0 Å². The van der Waals surface area contributed by atoms with Crippen LogP contribution in [0.15, 0.2) is 27.5 Å². The van der Waals surface area contributed by atoms with Gasteiger partial charge in [-0.3, -0.25) is 9.69 Å². The SMILES string of the molecule is O=C(CCc1nc(-c2ccoc2)no1)N1CC(N2CCC(O)CC2)C1. The van der Waals surface area contributed by atoms with Gasteiger partial charge in [-0.15, -0.1) is 0 Å². The van der Waals surface area contributed by atoms with Gasteiger partial charge in [0.15, 0.2) is 0 Å². The number of piperidine rings is 1. The first-order valence-corrected chi connectivity index (χ1v) is 8.74. The van der Waals surface area contributed by atoms with Crippen molar-refractivity contribution in [2.75, 3.05) is 26.2 Å². The first-order chi connectivity index (χ1) is 12.2. The van der Waals surface area contributed by atoms with Crippen molar-refractivity contribution in [3.05, 3.63) is 24.5 Å². The zero-order chi connectivity index (χ0) is 17.2. The van der Waals surface area contributed by atoms with Crippen LogP contribution in [-0.2, 0) is 11.2 Å². The lowest BCUT2D eigenvalue weighted by atomic mass is 10.0. The Morgan fingerprint density at radius 2 is 2.12 bits per heavy atom. The van der Waals surface area contributed by atoms with Crippen LogP contribution in [0.4, 0.5) is 0 Å². The fourth-order valence-corrected chi connectivity index (χ4v) is 3.38. The number of hydrogen-bond donors (Lipinski definition) is 1. The number of amides is 1. The highest BCUT2D eigenvalue weighted by molar-refractivity contribution is 5.77. The molecule has 0 aliphatic carbocycles. The highest BCUT2D eigenvalue weighted by Crippen LogP contribution is 2.21. The van der Waals surface area contributed by atoms with Gasteiger partial charge in [0.1, 0.15) is 6.26 Å². The Balaban J connectivity index is 1.21. The second kappa shape index (κ2) is 6.97. The number of aliphatic hydroxyl groups is 1. The standard InChI is InChI=1S/C17H22N4O4/c22-14-3-6-20(7-4-14)13-9-21(10-13)16(23)2-1-15-18-17(19-25-15)12-5-8-24-11-12/h5,8,11,13-14,22H,1-4,6-7,9-10H2. The number of aryl methyl sites for hydroxylation is 1. The van der Waals surface area contributed by atoms with E-state index in [9.17, 15) is 9.90 Å². The Morgan fingerprint density at radius 3 is 2.84 bits per heavy atom. The maximum absolute atomic E-state index is 12.3. The lowest BCUT2D eigenvalue weighted by molar-refractivity contribution is -0.139. The first-order valence-electron chi connectivity index (χ1n) is 8.74. The molecule has 4 heterocycles. The monoisotopic (exact) mass is 346 g/mol. The van der Waals surface area contributed by atoms with Crippen LogP contribution in [0, 0.1) is 0 Å². The van der Waals surface area contributed by atoms with Crippen molar-refractivity contribution in [2.24, 2.45) is 0 Å². The molecule has 134 valence electrons. The lowest BCUT2D eigenvalue weighted by Gasteiger charge is -2.47. The van der Waals surface area contributed by atoms with E-state index in [1.807, 2.05) is 4.90 Å². The summed E-state index contributed by atoms with van der Waals surface area (Å²) < 4.78 is 10.2. The Hall–Kier alpha value is -2.19. The van der Waals surface area contributed by atoms with Gasteiger partial charge in [-0.1, -0.05) is 5.16 Å². The maximum atomic E-state index is 12.3. The topological polar surface area (TPSA) is 95.8 Å². The molecule has 0 aromatic carbocycles. The smallest absolute Gasteiger partial charge is 0.227 e. The van der Waals surface area contributed by atoms with E-state index < -0.39 is 0 Å². The van der Waals surface area contributed by atoms with Gasteiger partial charge in [-0.25, -0.2) is 0 Å². The van der Waals surface area contributed by atoms with E-state index in [0.717, 1.165) is 44.6 Å². The summed E-state index contributed by atoms with van der Waals surface area (Å²) >= 11 is 0. The number of nitrogens with zero attached hydrogens (tertiary/aromatic N) is 4. The molecule has 2 fully saturated rings. The average Bonchev–Trinajstić information content (AvgIpc) is 3.24. The van der Waals surface area contributed by atoms with Crippen molar-refractivity contribution in [3.8, 4) is 11.4 Å². The molecule has 1 amide bonds. The summed E-state index contributed by atoms with van der Waals surface area (Å²) in [5.41, 5.74) is 0.763. The van der Waals surface area contributed by atoms with Gasteiger partial charge in [-0.05, 0) is 18.9 Å². The van der Waals surface area contributed by atoms with Gasteiger partial charge in [0.05, 0.1) is 17.9 Å². The van der Waals surface area contributed by atoms with Crippen molar-refractivity contribution >= 4 is 5.91 Å². The van der Waals surface area contributed by atoms with E-state index in [4.69, 9.17) is 8.94 Å². The quantitative estimate of drug-likeness (QED) is 0.860. The van der Waals surface area contributed by atoms with Crippen LogP contribution in [0.2, 0.25) is 0 Å². The molecule has 0 spiro atoms. The summed E-state index contributed by atoms with van der Waals surface area (Å²) in [5.74, 6) is 1.07.